The van der Waals surface area contributed by atoms with Crippen molar-refractivity contribution in [1.82, 2.24) is 10.9 Å². The maximum atomic E-state index is 13.7. The fourth-order valence-corrected chi connectivity index (χ4v) is 4.60. The number of rotatable bonds is 16. The minimum Gasteiger partial charge on any atom is -0.494 e. The summed E-state index contributed by atoms with van der Waals surface area (Å²) >= 11 is 0. The number of amides is 1. The Morgan fingerprint density at radius 2 is 1.81 bits per heavy atom. The second kappa shape index (κ2) is 15.4. The molecule has 11 nitrogen and oxygen atoms in total. The summed E-state index contributed by atoms with van der Waals surface area (Å²) in [5, 5.41) is 12.7. The van der Waals surface area contributed by atoms with Crippen molar-refractivity contribution < 1.29 is 24.1 Å². The highest BCUT2D eigenvalue weighted by molar-refractivity contribution is 6.00. The van der Waals surface area contributed by atoms with Crippen LogP contribution < -0.4 is 20.3 Å². The van der Waals surface area contributed by atoms with Crippen LogP contribution in [0.3, 0.4) is 0 Å². The fourth-order valence-electron chi connectivity index (χ4n) is 4.60. The van der Waals surface area contributed by atoms with Crippen molar-refractivity contribution in [3.63, 3.8) is 0 Å². The summed E-state index contributed by atoms with van der Waals surface area (Å²) in [5.74, 6) is 1.50. The molecule has 11 heteroatoms. The van der Waals surface area contributed by atoms with Crippen molar-refractivity contribution in [1.29, 1.82) is 0 Å². The van der Waals surface area contributed by atoms with Crippen LogP contribution in [-0.2, 0) is 28.9 Å². The minimum absolute atomic E-state index is 0.0353. The summed E-state index contributed by atoms with van der Waals surface area (Å²) in [6, 6.07) is 22.6. The standard InChI is InChI=1S/C31H36N6O5/c1-2-40-28-11-6-5-8-23(28)16-17-33-36-30(39)31(20-25-9-3-4-10-26(25)21-34-37-32)22-42-29(35-31)24-12-14-27(15-13-24)41-19-7-18-38/h3-6,8-15,33,38H,2,7,16-22H2,1H3,(H,36,39)/t31-/m0/s1. The van der Waals surface area contributed by atoms with Gasteiger partial charge in [0.1, 0.15) is 18.1 Å². The van der Waals surface area contributed by atoms with Crippen LogP contribution >= 0.6 is 0 Å². The molecule has 3 N–H and O–H groups in total. The Balaban J connectivity index is 1.52. The summed E-state index contributed by atoms with van der Waals surface area (Å²) in [5.41, 5.74) is 16.9. The van der Waals surface area contributed by atoms with Crippen LogP contribution in [0, 0.1) is 0 Å². The van der Waals surface area contributed by atoms with Crippen LogP contribution in [-0.4, -0.2) is 55.4 Å². The van der Waals surface area contributed by atoms with Gasteiger partial charge in [0.05, 0.1) is 19.8 Å². The van der Waals surface area contributed by atoms with E-state index >= 15 is 0 Å². The van der Waals surface area contributed by atoms with Gasteiger partial charge in [0.25, 0.3) is 5.91 Å². The van der Waals surface area contributed by atoms with Gasteiger partial charge in [0.15, 0.2) is 5.54 Å². The summed E-state index contributed by atoms with van der Waals surface area (Å²) < 4.78 is 17.3. The van der Waals surface area contributed by atoms with Gasteiger partial charge in [-0.25, -0.2) is 10.4 Å². The van der Waals surface area contributed by atoms with Crippen molar-refractivity contribution in [2.75, 3.05) is 33.0 Å². The molecule has 0 radical (unpaired) electrons. The summed E-state index contributed by atoms with van der Waals surface area (Å²) in [6.07, 6.45) is 1.44. The number of nitrogens with one attached hydrogen (secondary N) is 2. The number of para-hydroxylation sites is 1. The first-order valence-corrected chi connectivity index (χ1v) is 14.0. The smallest absolute Gasteiger partial charge is 0.266 e. The van der Waals surface area contributed by atoms with Crippen LogP contribution in [0.25, 0.3) is 10.4 Å². The lowest BCUT2D eigenvalue weighted by atomic mass is 9.89. The fraction of sp³-hybridized carbons (Fsp3) is 0.355. The molecular formula is C31H36N6O5. The quantitative estimate of drug-likeness (QED) is 0.0767. The molecule has 0 bridgehead atoms. The summed E-state index contributed by atoms with van der Waals surface area (Å²) in [4.78, 5) is 21.5. The van der Waals surface area contributed by atoms with E-state index in [1.54, 1.807) is 12.1 Å². The zero-order valence-corrected chi connectivity index (χ0v) is 23.7. The highest BCUT2D eigenvalue weighted by Crippen LogP contribution is 2.29. The minimum atomic E-state index is -1.26. The molecule has 0 spiro atoms. The Morgan fingerprint density at radius 1 is 1.07 bits per heavy atom. The second-order valence-corrected chi connectivity index (χ2v) is 9.69. The molecule has 1 amide bonds. The Kier molecular flexibility index (Phi) is 11.2. The van der Waals surface area contributed by atoms with E-state index in [1.807, 2.05) is 67.6 Å². The number of aliphatic hydroxyl groups excluding tert-OH is 1. The normalized spacial score (nSPS) is 15.7. The molecule has 3 aromatic carbocycles. The SMILES string of the molecule is CCOc1ccccc1CCNNC(=O)[C@]1(Cc2ccccc2CN=[N+]=[N-])COC(c2ccc(OCCCO)cc2)=N1. The van der Waals surface area contributed by atoms with E-state index in [2.05, 4.69) is 20.9 Å². The largest absolute Gasteiger partial charge is 0.494 e. The van der Waals surface area contributed by atoms with Gasteiger partial charge in [-0.2, -0.15) is 0 Å². The molecule has 1 aliphatic heterocycles. The molecular weight excluding hydrogens is 536 g/mol. The molecule has 1 aliphatic rings. The first-order valence-electron chi connectivity index (χ1n) is 14.0. The third kappa shape index (κ3) is 8.01. The van der Waals surface area contributed by atoms with Gasteiger partial charge < -0.3 is 19.3 Å². The first-order chi connectivity index (χ1) is 20.6. The maximum absolute atomic E-state index is 13.7. The van der Waals surface area contributed by atoms with Gasteiger partial charge in [-0.3, -0.25) is 10.2 Å². The average Bonchev–Trinajstić information content (AvgIpc) is 3.45. The molecule has 0 fully saturated rings. The van der Waals surface area contributed by atoms with Crippen LogP contribution in [0.15, 0.2) is 82.9 Å². The van der Waals surface area contributed by atoms with Crippen LogP contribution in [0.4, 0.5) is 0 Å². The van der Waals surface area contributed by atoms with E-state index in [-0.39, 0.29) is 32.1 Å². The van der Waals surface area contributed by atoms with E-state index in [9.17, 15) is 4.79 Å². The number of carbonyl (C=O) groups is 1. The van der Waals surface area contributed by atoms with Gasteiger partial charge in [0, 0.05) is 36.5 Å². The predicted octanol–water partition coefficient (Wildman–Crippen LogP) is 4.28. The lowest BCUT2D eigenvalue weighted by molar-refractivity contribution is -0.127. The van der Waals surface area contributed by atoms with Crippen molar-refractivity contribution >= 4 is 11.8 Å². The molecule has 4 rings (SSSR count). The van der Waals surface area contributed by atoms with Gasteiger partial charge >= 0.3 is 0 Å². The summed E-state index contributed by atoms with van der Waals surface area (Å²) in [7, 11) is 0. The number of ether oxygens (including phenoxy) is 3. The third-order valence-electron chi connectivity index (χ3n) is 6.76. The molecule has 1 heterocycles. The molecule has 42 heavy (non-hydrogen) atoms. The van der Waals surface area contributed by atoms with Crippen LogP contribution in [0.1, 0.15) is 35.6 Å². The number of hydrogen-bond donors (Lipinski definition) is 3. The van der Waals surface area contributed by atoms with Gasteiger partial charge in [-0.1, -0.05) is 47.6 Å². The Labute approximate surface area is 245 Å². The van der Waals surface area contributed by atoms with Crippen molar-refractivity contribution in [2.24, 2.45) is 10.1 Å². The number of hydrogen-bond acceptors (Lipinski definition) is 8. The number of nitrogens with zero attached hydrogens (tertiary/aromatic N) is 4. The van der Waals surface area contributed by atoms with E-state index in [0.717, 1.165) is 22.4 Å². The predicted molar refractivity (Wildman–Crippen MR) is 159 cm³/mol. The monoisotopic (exact) mass is 572 g/mol. The lowest BCUT2D eigenvalue weighted by Gasteiger charge is -2.24. The Hall–Kier alpha value is -4.57. The number of carbonyl (C=O) groups excluding carboxylic acids is 1. The molecule has 1 atom stereocenters. The molecule has 220 valence electrons. The zero-order chi connectivity index (χ0) is 29.6. The number of azide groups is 1. The topological polar surface area (TPSA) is 150 Å². The molecule has 0 aliphatic carbocycles. The molecule has 0 saturated heterocycles. The molecule has 0 aromatic heterocycles. The highest BCUT2D eigenvalue weighted by Gasteiger charge is 2.45. The number of benzene rings is 3. The number of aliphatic imine (C=N–C) groups is 1. The zero-order valence-electron chi connectivity index (χ0n) is 23.7. The van der Waals surface area contributed by atoms with E-state index in [4.69, 9.17) is 29.8 Å². The molecule has 0 saturated carbocycles. The van der Waals surface area contributed by atoms with E-state index in [1.165, 1.54) is 0 Å². The van der Waals surface area contributed by atoms with Gasteiger partial charge in [0.2, 0.25) is 5.90 Å². The van der Waals surface area contributed by atoms with E-state index < -0.39 is 5.54 Å². The Bertz CT molecular complexity index is 1410. The summed E-state index contributed by atoms with van der Waals surface area (Å²) in [6.45, 7) is 3.67. The van der Waals surface area contributed by atoms with Crippen molar-refractivity contribution in [3.05, 3.63) is 105 Å². The lowest BCUT2D eigenvalue weighted by Crippen LogP contribution is -2.53. The van der Waals surface area contributed by atoms with E-state index in [0.29, 0.717) is 49.8 Å². The van der Waals surface area contributed by atoms with Crippen molar-refractivity contribution in [2.45, 2.75) is 38.3 Å². The highest BCUT2D eigenvalue weighted by atomic mass is 16.5. The molecule has 3 aromatic rings. The van der Waals surface area contributed by atoms with Crippen LogP contribution in [0.2, 0.25) is 0 Å². The van der Waals surface area contributed by atoms with Crippen LogP contribution in [0.5, 0.6) is 11.5 Å². The maximum Gasteiger partial charge on any atom is 0.266 e. The third-order valence-corrected chi connectivity index (χ3v) is 6.76. The number of hydrazine groups is 1. The average molecular weight is 573 g/mol. The first kappa shape index (κ1) is 30.4. The van der Waals surface area contributed by atoms with Crippen molar-refractivity contribution in [3.8, 4) is 11.5 Å². The second-order valence-electron chi connectivity index (χ2n) is 9.69. The van der Waals surface area contributed by atoms with Gasteiger partial charge in [-0.15, -0.1) is 0 Å². The number of aliphatic hydroxyl groups is 1. The van der Waals surface area contributed by atoms with Gasteiger partial charge in [-0.05, 0) is 65.9 Å². The Morgan fingerprint density at radius 3 is 2.55 bits per heavy atom. The molecule has 0 unspecified atom stereocenters.